The van der Waals surface area contributed by atoms with E-state index >= 15 is 0 Å². The van der Waals surface area contributed by atoms with Crippen LogP contribution in [0, 0.1) is 17.7 Å². The molecule has 1 saturated carbocycles. The standard InChI is InChI=1S/C24H26FN3O3/c1-14-12-15-6-2-5-9-21(15)28(14)24(31)18-8-4-3-7-17(18)23(30)27-16-10-11-20(25)19(13-16)22(26)29/h2,5-6,9-11,13-14,17-18H,3-4,7-8,12H2,1H3,(H2,26,29)(H,27,30). The van der Waals surface area contributed by atoms with Crippen LogP contribution in [0.5, 0.6) is 0 Å². The first-order valence-electron chi connectivity index (χ1n) is 10.7. The Bertz CT molecular complexity index is 1040. The molecule has 3 atom stereocenters. The summed E-state index contributed by atoms with van der Waals surface area (Å²) < 4.78 is 13.7. The van der Waals surface area contributed by atoms with Crippen molar-refractivity contribution in [1.29, 1.82) is 0 Å². The Hall–Kier alpha value is -3.22. The monoisotopic (exact) mass is 423 g/mol. The second kappa shape index (κ2) is 8.49. The maximum absolute atomic E-state index is 13.7. The normalized spacial score (nSPS) is 22.6. The zero-order chi connectivity index (χ0) is 22.1. The van der Waals surface area contributed by atoms with E-state index in [1.165, 1.54) is 12.1 Å². The first-order valence-corrected chi connectivity index (χ1v) is 10.7. The van der Waals surface area contributed by atoms with Gasteiger partial charge in [-0.25, -0.2) is 4.39 Å². The van der Waals surface area contributed by atoms with Crippen LogP contribution in [0.2, 0.25) is 0 Å². The molecular formula is C24H26FN3O3. The molecule has 2 aromatic rings. The van der Waals surface area contributed by atoms with Crippen LogP contribution in [0.25, 0.3) is 0 Å². The van der Waals surface area contributed by atoms with Crippen molar-refractivity contribution in [2.24, 2.45) is 17.6 Å². The van der Waals surface area contributed by atoms with Crippen molar-refractivity contribution in [2.75, 3.05) is 10.2 Å². The molecule has 2 aliphatic rings. The van der Waals surface area contributed by atoms with Crippen LogP contribution in [0.4, 0.5) is 15.8 Å². The lowest BCUT2D eigenvalue weighted by molar-refractivity contribution is -0.132. The highest BCUT2D eigenvalue weighted by Crippen LogP contribution is 2.38. The van der Waals surface area contributed by atoms with E-state index in [4.69, 9.17) is 5.73 Å². The number of carbonyl (C=O) groups is 3. The number of nitrogens with zero attached hydrogens (tertiary/aromatic N) is 1. The maximum atomic E-state index is 13.7. The van der Waals surface area contributed by atoms with Crippen LogP contribution in [0.3, 0.4) is 0 Å². The van der Waals surface area contributed by atoms with E-state index in [2.05, 4.69) is 5.32 Å². The maximum Gasteiger partial charge on any atom is 0.251 e. The lowest BCUT2D eigenvalue weighted by Crippen LogP contribution is -2.46. The molecule has 0 bridgehead atoms. The van der Waals surface area contributed by atoms with E-state index < -0.39 is 23.6 Å². The SMILES string of the molecule is CC1Cc2ccccc2N1C(=O)C1CCCCC1C(=O)Nc1ccc(F)c(C(N)=O)c1. The van der Waals surface area contributed by atoms with Crippen molar-refractivity contribution in [2.45, 2.75) is 45.1 Å². The van der Waals surface area contributed by atoms with Crippen LogP contribution in [-0.4, -0.2) is 23.8 Å². The fourth-order valence-electron chi connectivity index (χ4n) is 4.85. The highest BCUT2D eigenvalue weighted by atomic mass is 19.1. The molecule has 0 radical (unpaired) electrons. The molecule has 1 fully saturated rings. The van der Waals surface area contributed by atoms with Crippen molar-refractivity contribution in [3.63, 3.8) is 0 Å². The minimum Gasteiger partial charge on any atom is -0.366 e. The van der Waals surface area contributed by atoms with Gasteiger partial charge in [0.25, 0.3) is 5.91 Å². The average molecular weight is 423 g/mol. The Labute approximate surface area is 180 Å². The Morgan fingerprint density at radius 3 is 2.52 bits per heavy atom. The molecule has 0 spiro atoms. The number of nitrogens with one attached hydrogen (secondary N) is 1. The van der Waals surface area contributed by atoms with Crippen molar-refractivity contribution >= 4 is 29.1 Å². The fourth-order valence-corrected chi connectivity index (χ4v) is 4.85. The van der Waals surface area contributed by atoms with E-state index in [9.17, 15) is 18.8 Å². The molecule has 1 aliphatic heterocycles. The van der Waals surface area contributed by atoms with Crippen molar-refractivity contribution in [3.05, 3.63) is 59.4 Å². The number of benzene rings is 2. The third-order valence-electron chi connectivity index (χ3n) is 6.36. The van der Waals surface area contributed by atoms with Crippen molar-refractivity contribution in [1.82, 2.24) is 0 Å². The molecule has 3 unspecified atom stereocenters. The zero-order valence-corrected chi connectivity index (χ0v) is 17.4. The summed E-state index contributed by atoms with van der Waals surface area (Å²) >= 11 is 0. The van der Waals surface area contributed by atoms with E-state index in [1.807, 2.05) is 36.1 Å². The Balaban J connectivity index is 1.55. The van der Waals surface area contributed by atoms with Crippen LogP contribution >= 0.6 is 0 Å². The summed E-state index contributed by atoms with van der Waals surface area (Å²) in [5, 5.41) is 2.76. The van der Waals surface area contributed by atoms with E-state index in [-0.39, 0.29) is 29.1 Å². The smallest absolute Gasteiger partial charge is 0.251 e. The highest BCUT2D eigenvalue weighted by Gasteiger charge is 2.41. The van der Waals surface area contributed by atoms with Crippen molar-refractivity contribution in [3.8, 4) is 0 Å². The molecule has 7 heteroatoms. The number of primary amides is 1. The number of hydrogen-bond donors (Lipinski definition) is 2. The largest absolute Gasteiger partial charge is 0.366 e. The number of halogens is 1. The number of amides is 3. The quantitative estimate of drug-likeness (QED) is 0.786. The van der Waals surface area contributed by atoms with Gasteiger partial charge < -0.3 is 16.0 Å². The fraction of sp³-hybridized carbons (Fsp3) is 0.375. The lowest BCUT2D eigenvalue weighted by Gasteiger charge is -2.34. The number of para-hydroxylation sites is 1. The van der Waals surface area contributed by atoms with Gasteiger partial charge in [0.2, 0.25) is 11.8 Å². The summed E-state index contributed by atoms with van der Waals surface area (Å²) in [6.07, 6.45) is 3.82. The van der Waals surface area contributed by atoms with Gasteiger partial charge in [0.1, 0.15) is 5.82 Å². The predicted molar refractivity (Wildman–Crippen MR) is 116 cm³/mol. The summed E-state index contributed by atoms with van der Waals surface area (Å²) in [7, 11) is 0. The summed E-state index contributed by atoms with van der Waals surface area (Å²) in [4.78, 5) is 39.9. The molecule has 0 aromatic heterocycles. The minimum absolute atomic E-state index is 0.0192. The Morgan fingerprint density at radius 1 is 1.06 bits per heavy atom. The summed E-state index contributed by atoms with van der Waals surface area (Å²) in [6, 6.07) is 11.7. The molecule has 2 aromatic carbocycles. The van der Waals surface area contributed by atoms with Gasteiger partial charge in [-0.15, -0.1) is 0 Å². The van der Waals surface area contributed by atoms with Gasteiger partial charge in [-0.2, -0.15) is 0 Å². The molecule has 1 heterocycles. The topological polar surface area (TPSA) is 92.5 Å². The summed E-state index contributed by atoms with van der Waals surface area (Å²) in [5.74, 6) is -2.85. The molecule has 6 nitrogen and oxygen atoms in total. The van der Waals surface area contributed by atoms with Crippen LogP contribution in [-0.2, 0) is 16.0 Å². The number of rotatable bonds is 4. The molecule has 1 aliphatic carbocycles. The number of anilines is 2. The summed E-state index contributed by atoms with van der Waals surface area (Å²) in [5.41, 5.74) is 7.28. The molecule has 162 valence electrons. The molecule has 0 saturated heterocycles. The van der Waals surface area contributed by atoms with Gasteiger partial charge in [0.05, 0.1) is 11.5 Å². The van der Waals surface area contributed by atoms with Crippen LogP contribution in [0.1, 0.15) is 48.5 Å². The number of nitrogens with two attached hydrogens (primary N) is 1. The van der Waals surface area contributed by atoms with Gasteiger partial charge in [-0.3, -0.25) is 14.4 Å². The zero-order valence-electron chi connectivity index (χ0n) is 17.4. The van der Waals surface area contributed by atoms with E-state index in [0.29, 0.717) is 12.8 Å². The van der Waals surface area contributed by atoms with Gasteiger partial charge in [-0.05, 0) is 56.0 Å². The first kappa shape index (κ1) is 21.0. The number of carbonyl (C=O) groups excluding carboxylic acids is 3. The molecule has 3 N–H and O–H groups in total. The second-order valence-corrected chi connectivity index (χ2v) is 8.44. The Kier molecular flexibility index (Phi) is 5.76. The predicted octanol–water partition coefficient (Wildman–Crippen LogP) is 3.65. The number of hydrogen-bond acceptors (Lipinski definition) is 3. The summed E-state index contributed by atoms with van der Waals surface area (Å²) in [6.45, 7) is 2.03. The van der Waals surface area contributed by atoms with Gasteiger partial charge in [0.15, 0.2) is 0 Å². The highest BCUT2D eigenvalue weighted by molar-refractivity contribution is 6.03. The molecule has 3 amide bonds. The minimum atomic E-state index is -0.902. The first-order chi connectivity index (χ1) is 14.9. The Morgan fingerprint density at radius 2 is 1.77 bits per heavy atom. The number of fused-ring (bicyclic) bond motifs is 1. The molecule has 31 heavy (non-hydrogen) atoms. The molecular weight excluding hydrogens is 397 g/mol. The van der Waals surface area contributed by atoms with Crippen LogP contribution in [0.15, 0.2) is 42.5 Å². The van der Waals surface area contributed by atoms with Crippen molar-refractivity contribution < 1.29 is 18.8 Å². The second-order valence-electron chi connectivity index (χ2n) is 8.44. The lowest BCUT2D eigenvalue weighted by atomic mass is 9.77. The molecule has 4 rings (SSSR count). The van der Waals surface area contributed by atoms with Crippen LogP contribution < -0.4 is 16.0 Å². The van der Waals surface area contributed by atoms with E-state index in [0.717, 1.165) is 36.6 Å². The van der Waals surface area contributed by atoms with Gasteiger partial charge >= 0.3 is 0 Å². The average Bonchev–Trinajstić information content (AvgIpc) is 3.10. The van der Waals surface area contributed by atoms with Gasteiger partial charge in [-0.1, -0.05) is 31.0 Å². The van der Waals surface area contributed by atoms with Gasteiger partial charge in [0, 0.05) is 23.3 Å². The third-order valence-corrected chi connectivity index (χ3v) is 6.36. The third kappa shape index (κ3) is 4.04. The van der Waals surface area contributed by atoms with E-state index in [1.54, 1.807) is 0 Å².